The maximum absolute atomic E-state index is 12.6. The van der Waals surface area contributed by atoms with Crippen LogP contribution >= 0.6 is 0 Å². The lowest BCUT2D eigenvalue weighted by Gasteiger charge is -2.17. The summed E-state index contributed by atoms with van der Waals surface area (Å²) in [4.78, 5) is 25.2. The van der Waals surface area contributed by atoms with Crippen molar-refractivity contribution in [2.75, 3.05) is 67.1 Å². The SMILES string of the molecule is COC(=O)c1cc2ccccc2cc1OCCCOc1cc2ccccc2cc1OCCCOc1cc2ccccc2cc1OCCCOc1cc2ccccc2cc1OCCCOc1cc2ccccc2cc1C(=O)OC. The minimum Gasteiger partial charge on any atom is -0.493 e. The summed E-state index contributed by atoms with van der Waals surface area (Å²) in [5, 5.41) is 10.0. The number of methoxy groups -OCH3 is 2. The van der Waals surface area contributed by atoms with Gasteiger partial charge >= 0.3 is 11.9 Å². The quantitative estimate of drug-likeness (QED) is 0.0378. The molecule has 10 aromatic rings. The highest BCUT2D eigenvalue weighted by atomic mass is 16.5. The largest absolute Gasteiger partial charge is 0.493 e. The topological polar surface area (TPSA) is 126 Å². The Bertz CT molecular complexity index is 3460. The number of benzene rings is 10. The molecular weight excluding hydrogens is 985 g/mol. The van der Waals surface area contributed by atoms with E-state index in [9.17, 15) is 9.59 Å². The van der Waals surface area contributed by atoms with Gasteiger partial charge in [-0.05, 0) is 115 Å². The summed E-state index contributed by atoms with van der Waals surface area (Å²) in [5.74, 6) is 3.85. The van der Waals surface area contributed by atoms with Crippen molar-refractivity contribution in [1.29, 1.82) is 0 Å². The predicted octanol–water partition coefficient (Wildman–Crippen LogP) is 14.4. The van der Waals surface area contributed by atoms with E-state index in [0.717, 1.165) is 53.9 Å². The molecule has 12 nitrogen and oxygen atoms in total. The van der Waals surface area contributed by atoms with Crippen LogP contribution in [-0.2, 0) is 9.47 Å². The van der Waals surface area contributed by atoms with Crippen molar-refractivity contribution in [3.05, 3.63) is 193 Å². The van der Waals surface area contributed by atoms with Gasteiger partial charge in [0.15, 0.2) is 34.5 Å². The predicted molar refractivity (Wildman–Crippen MR) is 305 cm³/mol. The van der Waals surface area contributed by atoms with E-state index in [1.165, 1.54) is 14.2 Å². The van der Waals surface area contributed by atoms with Gasteiger partial charge in [0.2, 0.25) is 0 Å². The first kappa shape index (κ1) is 52.3. The van der Waals surface area contributed by atoms with E-state index < -0.39 is 11.9 Å². The lowest BCUT2D eigenvalue weighted by atomic mass is 10.1. The molecule has 396 valence electrons. The van der Waals surface area contributed by atoms with E-state index in [1.807, 2.05) is 158 Å². The molecule has 0 fully saturated rings. The molecule has 0 saturated heterocycles. The van der Waals surface area contributed by atoms with Crippen molar-refractivity contribution in [3.8, 4) is 46.0 Å². The zero-order chi connectivity index (χ0) is 53.5. The van der Waals surface area contributed by atoms with Crippen molar-refractivity contribution in [2.24, 2.45) is 0 Å². The number of fused-ring (bicyclic) bond motifs is 5. The summed E-state index contributed by atoms with van der Waals surface area (Å²) in [6.07, 6.45) is 2.32. The first-order chi connectivity index (χ1) is 38.4. The summed E-state index contributed by atoms with van der Waals surface area (Å²) in [5.41, 5.74) is 0.759. The van der Waals surface area contributed by atoms with Crippen molar-refractivity contribution in [1.82, 2.24) is 0 Å². The smallest absolute Gasteiger partial charge is 0.341 e. The third-order valence-corrected chi connectivity index (χ3v) is 13.2. The van der Waals surface area contributed by atoms with Crippen molar-refractivity contribution in [2.45, 2.75) is 25.7 Å². The summed E-state index contributed by atoms with van der Waals surface area (Å²) >= 11 is 0. The molecule has 78 heavy (non-hydrogen) atoms. The number of carbonyl (C=O) groups is 2. The molecule has 0 aliphatic carbocycles. The fourth-order valence-electron chi connectivity index (χ4n) is 9.18. The average Bonchev–Trinajstić information content (AvgIpc) is 3.48. The zero-order valence-electron chi connectivity index (χ0n) is 43.7. The highest BCUT2D eigenvalue weighted by Gasteiger charge is 2.18. The Kier molecular flexibility index (Phi) is 17.2. The van der Waals surface area contributed by atoms with Gasteiger partial charge in [-0.3, -0.25) is 0 Å². The molecule has 0 amide bonds. The second-order valence-electron chi connectivity index (χ2n) is 18.5. The van der Waals surface area contributed by atoms with Gasteiger partial charge in [0.1, 0.15) is 22.6 Å². The molecule has 0 heterocycles. The van der Waals surface area contributed by atoms with Crippen LogP contribution in [0.15, 0.2) is 182 Å². The summed E-state index contributed by atoms with van der Waals surface area (Å²) in [6, 6.07) is 59.3. The molecule has 0 radical (unpaired) electrons. The number of hydrogen-bond donors (Lipinski definition) is 0. The monoisotopic (exact) mass is 1040 g/mol. The Morgan fingerprint density at radius 1 is 0.256 bits per heavy atom. The summed E-state index contributed by atoms with van der Waals surface area (Å²) in [7, 11) is 2.73. The van der Waals surface area contributed by atoms with Crippen molar-refractivity contribution < 1.29 is 57.0 Å². The minimum absolute atomic E-state index is 0.329. The number of hydrogen-bond acceptors (Lipinski definition) is 12. The number of esters is 2. The molecule has 0 saturated carbocycles. The maximum atomic E-state index is 12.6. The second-order valence-corrected chi connectivity index (χ2v) is 18.5. The third-order valence-electron chi connectivity index (χ3n) is 13.2. The lowest BCUT2D eigenvalue weighted by Crippen LogP contribution is -2.10. The maximum Gasteiger partial charge on any atom is 0.341 e. The van der Waals surface area contributed by atoms with Gasteiger partial charge < -0.3 is 47.4 Å². The van der Waals surface area contributed by atoms with Crippen LogP contribution in [0.4, 0.5) is 0 Å². The third kappa shape index (κ3) is 12.9. The molecule has 0 aliphatic rings. The molecule has 0 aliphatic heterocycles. The van der Waals surface area contributed by atoms with Crippen LogP contribution in [0.2, 0.25) is 0 Å². The summed E-state index contributed by atoms with van der Waals surface area (Å²) in [6.45, 7) is 2.92. The first-order valence-corrected chi connectivity index (χ1v) is 26.2. The Hall–Kier alpha value is -9.16. The fraction of sp³-hybridized carbons (Fsp3) is 0.212. The van der Waals surface area contributed by atoms with Gasteiger partial charge in [-0.25, -0.2) is 9.59 Å². The van der Waals surface area contributed by atoms with E-state index in [1.54, 1.807) is 12.1 Å². The first-order valence-electron chi connectivity index (χ1n) is 26.2. The van der Waals surface area contributed by atoms with Crippen LogP contribution in [0.3, 0.4) is 0 Å². The minimum atomic E-state index is -0.451. The molecular formula is C66H60O12. The van der Waals surface area contributed by atoms with E-state index in [2.05, 4.69) is 12.1 Å². The van der Waals surface area contributed by atoms with E-state index in [4.69, 9.17) is 47.4 Å². The standard InChI is InChI=1S/C66H60O12/c1-69-65(67)55-35-45-17-3-5-19-47(45)37-57(55)71-27-13-29-73-59-39-49-21-7-9-23-51(49)41-61(59)75-31-15-33-77-63-43-53-25-11-12-26-54(53)44-64(63)78-34-16-32-76-62-42-52-24-10-8-22-50(52)40-60(62)74-30-14-28-72-58-38-48-20-6-4-18-46(48)36-56(58)66(68)70-2/h3-12,17-26,35-44H,13-16,27-34H2,1-2H3. The van der Waals surface area contributed by atoms with E-state index >= 15 is 0 Å². The van der Waals surface area contributed by atoms with Crippen LogP contribution in [-0.4, -0.2) is 79.0 Å². The highest BCUT2D eigenvalue weighted by Crippen LogP contribution is 2.37. The second kappa shape index (κ2) is 25.6. The van der Waals surface area contributed by atoms with Crippen LogP contribution in [0, 0.1) is 0 Å². The van der Waals surface area contributed by atoms with Gasteiger partial charge in [-0.1, -0.05) is 121 Å². The lowest BCUT2D eigenvalue weighted by molar-refractivity contribution is 0.0586. The number of carbonyl (C=O) groups excluding carboxylic acids is 2. The zero-order valence-corrected chi connectivity index (χ0v) is 43.7. The fourth-order valence-corrected chi connectivity index (χ4v) is 9.18. The number of ether oxygens (including phenoxy) is 10. The average molecular weight is 1050 g/mol. The van der Waals surface area contributed by atoms with E-state index in [0.29, 0.717) is 136 Å². The Labute approximate surface area is 452 Å². The Balaban J connectivity index is 0.715. The normalized spacial score (nSPS) is 11.2. The van der Waals surface area contributed by atoms with Gasteiger partial charge in [0.05, 0.1) is 67.1 Å². The van der Waals surface area contributed by atoms with Gasteiger partial charge in [-0.2, -0.15) is 0 Å². The summed E-state index contributed by atoms with van der Waals surface area (Å²) < 4.78 is 60.5. The van der Waals surface area contributed by atoms with Gasteiger partial charge in [0, 0.05) is 25.7 Å². The van der Waals surface area contributed by atoms with Gasteiger partial charge in [-0.15, -0.1) is 0 Å². The number of rotatable bonds is 26. The van der Waals surface area contributed by atoms with Crippen LogP contribution in [0.5, 0.6) is 46.0 Å². The molecule has 0 aromatic heterocycles. The van der Waals surface area contributed by atoms with Crippen LogP contribution < -0.4 is 37.9 Å². The molecule has 0 atom stereocenters. The van der Waals surface area contributed by atoms with E-state index in [-0.39, 0.29) is 0 Å². The highest BCUT2D eigenvalue weighted by molar-refractivity contribution is 6.00. The molecule has 12 heteroatoms. The molecule has 10 rings (SSSR count). The van der Waals surface area contributed by atoms with Crippen molar-refractivity contribution >= 4 is 65.8 Å². The molecule has 0 unspecified atom stereocenters. The van der Waals surface area contributed by atoms with Crippen LogP contribution in [0.25, 0.3) is 53.9 Å². The molecule has 0 bridgehead atoms. The molecule has 0 spiro atoms. The molecule has 10 aromatic carbocycles. The Morgan fingerprint density at radius 2 is 0.423 bits per heavy atom. The molecule has 0 N–H and O–H groups in total. The van der Waals surface area contributed by atoms with Gasteiger partial charge in [0.25, 0.3) is 0 Å². The Morgan fingerprint density at radius 3 is 0.615 bits per heavy atom. The van der Waals surface area contributed by atoms with Crippen molar-refractivity contribution in [3.63, 3.8) is 0 Å². The van der Waals surface area contributed by atoms with Crippen LogP contribution in [0.1, 0.15) is 46.4 Å².